The molecule has 3 heteroatoms. The highest BCUT2D eigenvalue weighted by Crippen LogP contribution is 2.31. The quantitative estimate of drug-likeness (QED) is 0.596. The number of nitrogens with zero attached hydrogens (tertiary/aromatic N) is 2. The molecule has 2 nitrogen and oxygen atoms in total. The molecule has 0 aliphatic heterocycles. The number of fused-ring (bicyclic) bond motifs is 1. The van der Waals surface area contributed by atoms with Crippen molar-refractivity contribution < 1.29 is 0 Å². The van der Waals surface area contributed by atoms with E-state index in [2.05, 4.69) is 23.8 Å². The molecule has 0 saturated heterocycles. The highest BCUT2D eigenvalue weighted by atomic mass is 35.5. The van der Waals surface area contributed by atoms with Crippen molar-refractivity contribution >= 4 is 11.6 Å². The smallest absolute Gasteiger partial charge is 0.135 e. The van der Waals surface area contributed by atoms with Gasteiger partial charge in [-0.1, -0.05) is 25.4 Å². The summed E-state index contributed by atoms with van der Waals surface area (Å²) in [7, 11) is 0. The molecule has 0 N–H and O–H groups in total. The third-order valence-corrected chi connectivity index (χ3v) is 3.32. The van der Waals surface area contributed by atoms with Crippen molar-refractivity contribution in [3.05, 3.63) is 22.7 Å². The van der Waals surface area contributed by atoms with Crippen LogP contribution in [0.3, 0.4) is 0 Å². The van der Waals surface area contributed by atoms with Crippen molar-refractivity contribution in [2.24, 2.45) is 11.8 Å². The molecule has 0 bridgehead atoms. The lowest BCUT2D eigenvalue weighted by atomic mass is 9.80. The van der Waals surface area contributed by atoms with Crippen molar-refractivity contribution in [3.63, 3.8) is 0 Å². The van der Waals surface area contributed by atoms with Crippen LogP contribution in [-0.4, -0.2) is 9.97 Å². The minimum atomic E-state index is 0.642. The summed E-state index contributed by atoms with van der Waals surface area (Å²) >= 11 is 6.00. The molecule has 13 heavy (non-hydrogen) atoms. The number of halogens is 1. The zero-order valence-electron chi connectivity index (χ0n) is 7.92. The SMILES string of the molecule is C[C@H]1Cc2ncnc(Cl)c2C[C@@H]1C. The van der Waals surface area contributed by atoms with E-state index in [1.165, 1.54) is 0 Å². The Bertz CT molecular complexity index is 325. The summed E-state index contributed by atoms with van der Waals surface area (Å²) in [6, 6.07) is 0. The average Bonchev–Trinajstić information content (AvgIpc) is 2.09. The predicted molar refractivity (Wildman–Crippen MR) is 52.8 cm³/mol. The van der Waals surface area contributed by atoms with Gasteiger partial charge in [0.25, 0.3) is 0 Å². The first-order valence-corrected chi connectivity index (χ1v) is 5.04. The van der Waals surface area contributed by atoms with Gasteiger partial charge in [-0.2, -0.15) is 0 Å². The highest BCUT2D eigenvalue weighted by molar-refractivity contribution is 6.30. The van der Waals surface area contributed by atoms with Gasteiger partial charge < -0.3 is 0 Å². The molecule has 0 saturated carbocycles. The Balaban J connectivity index is 2.42. The monoisotopic (exact) mass is 196 g/mol. The first-order valence-electron chi connectivity index (χ1n) is 4.66. The fraction of sp³-hybridized carbons (Fsp3) is 0.600. The molecular weight excluding hydrogens is 184 g/mol. The topological polar surface area (TPSA) is 25.8 Å². The lowest BCUT2D eigenvalue weighted by molar-refractivity contribution is 0.355. The summed E-state index contributed by atoms with van der Waals surface area (Å²) in [5, 5.41) is 0.642. The number of hydrogen-bond donors (Lipinski definition) is 0. The maximum Gasteiger partial charge on any atom is 0.135 e. The van der Waals surface area contributed by atoms with Crippen molar-refractivity contribution in [2.45, 2.75) is 26.7 Å². The largest absolute Gasteiger partial charge is 0.241 e. The van der Waals surface area contributed by atoms with Crippen LogP contribution >= 0.6 is 11.6 Å². The van der Waals surface area contributed by atoms with E-state index < -0.39 is 0 Å². The van der Waals surface area contributed by atoms with Gasteiger partial charge in [0.1, 0.15) is 11.5 Å². The van der Waals surface area contributed by atoms with Crippen molar-refractivity contribution in [1.29, 1.82) is 0 Å². The second kappa shape index (κ2) is 3.26. The van der Waals surface area contributed by atoms with E-state index in [0.717, 1.165) is 24.1 Å². The molecule has 0 radical (unpaired) electrons. The molecule has 2 rings (SSSR count). The van der Waals surface area contributed by atoms with Gasteiger partial charge in [-0.3, -0.25) is 0 Å². The second-order valence-electron chi connectivity index (χ2n) is 3.95. The van der Waals surface area contributed by atoms with Crippen molar-refractivity contribution in [2.75, 3.05) is 0 Å². The lowest BCUT2D eigenvalue weighted by Crippen LogP contribution is -2.22. The van der Waals surface area contributed by atoms with Crippen molar-refractivity contribution in [1.82, 2.24) is 9.97 Å². The van der Waals surface area contributed by atoms with Crippen LogP contribution in [0.15, 0.2) is 6.33 Å². The zero-order valence-corrected chi connectivity index (χ0v) is 8.67. The van der Waals surface area contributed by atoms with E-state index in [4.69, 9.17) is 11.6 Å². The maximum atomic E-state index is 6.00. The molecule has 0 aromatic carbocycles. The molecule has 1 aromatic heterocycles. The minimum absolute atomic E-state index is 0.642. The van der Waals surface area contributed by atoms with E-state index >= 15 is 0 Å². The number of rotatable bonds is 0. The lowest BCUT2D eigenvalue weighted by Gasteiger charge is -2.27. The highest BCUT2D eigenvalue weighted by Gasteiger charge is 2.24. The first kappa shape index (κ1) is 8.95. The Morgan fingerprint density at radius 3 is 2.69 bits per heavy atom. The third kappa shape index (κ3) is 1.55. The summed E-state index contributed by atoms with van der Waals surface area (Å²) < 4.78 is 0. The average molecular weight is 197 g/mol. The van der Waals surface area contributed by atoms with Crippen LogP contribution in [0.2, 0.25) is 5.15 Å². The molecular formula is C10H13ClN2. The van der Waals surface area contributed by atoms with Crippen LogP contribution in [0.4, 0.5) is 0 Å². The van der Waals surface area contributed by atoms with Crippen LogP contribution in [0.5, 0.6) is 0 Å². The van der Waals surface area contributed by atoms with Crippen LogP contribution in [0, 0.1) is 11.8 Å². The Kier molecular flexibility index (Phi) is 2.24. The molecule has 1 aliphatic rings. The Morgan fingerprint density at radius 1 is 1.23 bits per heavy atom. The summed E-state index contributed by atoms with van der Waals surface area (Å²) in [5.74, 6) is 1.40. The molecule has 0 spiro atoms. The molecule has 0 fully saturated rings. The van der Waals surface area contributed by atoms with Crippen LogP contribution in [0.25, 0.3) is 0 Å². The Hall–Kier alpha value is -0.630. The molecule has 0 unspecified atom stereocenters. The van der Waals surface area contributed by atoms with Gasteiger partial charge in [0.15, 0.2) is 0 Å². The van der Waals surface area contributed by atoms with E-state index in [9.17, 15) is 0 Å². The minimum Gasteiger partial charge on any atom is -0.241 e. The van der Waals surface area contributed by atoms with Gasteiger partial charge in [-0.05, 0) is 24.7 Å². The standard InChI is InChI=1S/C10H13ClN2/c1-6-3-8-9(4-7(6)2)12-5-13-10(8)11/h5-7H,3-4H2,1-2H3/t6-,7-/m0/s1. The van der Waals surface area contributed by atoms with Crippen LogP contribution < -0.4 is 0 Å². The van der Waals surface area contributed by atoms with E-state index in [1.807, 2.05) is 0 Å². The van der Waals surface area contributed by atoms with Gasteiger partial charge in [0.2, 0.25) is 0 Å². The van der Waals surface area contributed by atoms with Crippen LogP contribution in [-0.2, 0) is 12.8 Å². The van der Waals surface area contributed by atoms with E-state index in [1.54, 1.807) is 6.33 Å². The summed E-state index contributed by atoms with van der Waals surface area (Å²) in [4.78, 5) is 8.28. The zero-order chi connectivity index (χ0) is 9.42. The second-order valence-corrected chi connectivity index (χ2v) is 4.31. The molecule has 0 amide bonds. The predicted octanol–water partition coefficient (Wildman–Crippen LogP) is 2.50. The molecule has 2 atom stereocenters. The van der Waals surface area contributed by atoms with E-state index in [-0.39, 0.29) is 0 Å². The number of hydrogen-bond acceptors (Lipinski definition) is 2. The molecule has 1 aromatic rings. The maximum absolute atomic E-state index is 6.00. The first-order chi connectivity index (χ1) is 6.18. The molecule has 1 aliphatic carbocycles. The number of aromatic nitrogens is 2. The fourth-order valence-electron chi connectivity index (χ4n) is 1.83. The van der Waals surface area contributed by atoms with Crippen molar-refractivity contribution in [3.8, 4) is 0 Å². The third-order valence-electron chi connectivity index (χ3n) is 2.99. The van der Waals surface area contributed by atoms with Gasteiger partial charge in [-0.25, -0.2) is 9.97 Å². The Labute approximate surface area is 83.4 Å². The summed E-state index contributed by atoms with van der Waals surface area (Å²) in [6.07, 6.45) is 3.62. The van der Waals surface area contributed by atoms with Crippen LogP contribution in [0.1, 0.15) is 25.1 Å². The summed E-state index contributed by atoms with van der Waals surface area (Å²) in [5.41, 5.74) is 2.31. The molecule has 70 valence electrons. The van der Waals surface area contributed by atoms with Gasteiger partial charge >= 0.3 is 0 Å². The molecule has 1 heterocycles. The van der Waals surface area contributed by atoms with Gasteiger partial charge in [0, 0.05) is 11.3 Å². The Morgan fingerprint density at radius 2 is 1.92 bits per heavy atom. The van der Waals surface area contributed by atoms with E-state index in [0.29, 0.717) is 17.0 Å². The normalized spacial score (nSPS) is 27.0. The summed E-state index contributed by atoms with van der Waals surface area (Å²) in [6.45, 7) is 4.53. The van der Waals surface area contributed by atoms with Gasteiger partial charge in [0.05, 0.1) is 0 Å². The van der Waals surface area contributed by atoms with Gasteiger partial charge in [-0.15, -0.1) is 0 Å². The fourth-order valence-corrected chi connectivity index (χ4v) is 2.06.